The molecule has 25 heavy (non-hydrogen) atoms. The maximum Gasteiger partial charge on any atom is 0.325 e. The topological polar surface area (TPSA) is 69.6 Å². The SMILES string of the molecule is C[C@@H]1CC(C)(C)C[C@@]2(C1)NC(=O)N(C[C@H](O)c1ccc(F)cc1)C2=O. The smallest absolute Gasteiger partial charge is 0.325 e. The van der Waals surface area contributed by atoms with Gasteiger partial charge in [-0.15, -0.1) is 0 Å². The average molecular weight is 348 g/mol. The van der Waals surface area contributed by atoms with E-state index >= 15 is 0 Å². The van der Waals surface area contributed by atoms with E-state index < -0.39 is 23.5 Å². The summed E-state index contributed by atoms with van der Waals surface area (Å²) in [6.07, 6.45) is 1.18. The number of hydrogen-bond donors (Lipinski definition) is 2. The van der Waals surface area contributed by atoms with E-state index in [1.807, 2.05) is 0 Å². The lowest BCUT2D eigenvalue weighted by Crippen LogP contribution is -2.54. The predicted octanol–water partition coefficient (Wildman–Crippen LogP) is 3.00. The van der Waals surface area contributed by atoms with Crippen molar-refractivity contribution < 1.29 is 19.1 Å². The number of carbonyl (C=O) groups is 2. The van der Waals surface area contributed by atoms with E-state index in [0.717, 1.165) is 11.3 Å². The Morgan fingerprint density at radius 2 is 1.92 bits per heavy atom. The normalized spacial score (nSPS) is 29.8. The fourth-order valence-corrected chi connectivity index (χ4v) is 4.64. The molecule has 3 rings (SSSR count). The van der Waals surface area contributed by atoms with Crippen molar-refractivity contribution in [3.8, 4) is 0 Å². The lowest BCUT2D eigenvalue weighted by molar-refractivity contribution is -0.135. The first-order chi connectivity index (χ1) is 11.6. The second-order valence-corrected chi connectivity index (χ2v) is 8.35. The van der Waals surface area contributed by atoms with Gasteiger partial charge in [-0.25, -0.2) is 9.18 Å². The summed E-state index contributed by atoms with van der Waals surface area (Å²) in [7, 11) is 0. The molecule has 1 aliphatic heterocycles. The van der Waals surface area contributed by atoms with E-state index in [0.29, 0.717) is 24.3 Å². The molecule has 3 amide bonds. The number of amides is 3. The Balaban J connectivity index is 1.78. The largest absolute Gasteiger partial charge is 0.387 e. The molecule has 0 unspecified atom stereocenters. The van der Waals surface area contributed by atoms with Crippen LogP contribution >= 0.6 is 0 Å². The lowest BCUT2D eigenvalue weighted by atomic mass is 9.64. The number of nitrogens with zero attached hydrogens (tertiary/aromatic N) is 1. The van der Waals surface area contributed by atoms with Crippen LogP contribution in [0.25, 0.3) is 0 Å². The summed E-state index contributed by atoms with van der Waals surface area (Å²) in [5, 5.41) is 13.2. The van der Waals surface area contributed by atoms with E-state index in [9.17, 15) is 19.1 Å². The molecular weight excluding hydrogens is 323 g/mol. The number of carbonyl (C=O) groups excluding carboxylic acids is 2. The zero-order valence-electron chi connectivity index (χ0n) is 14.9. The Hall–Kier alpha value is -1.95. The first kappa shape index (κ1) is 17.9. The molecule has 1 aromatic rings. The molecule has 1 saturated heterocycles. The van der Waals surface area contributed by atoms with E-state index in [2.05, 4.69) is 26.1 Å². The van der Waals surface area contributed by atoms with Crippen molar-refractivity contribution in [3.05, 3.63) is 35.6 Å². The van der Waals surface area contributed by atoms with Crippen LogP contribution in [0.5, 0.6) is 0 Å². The molecule has 2 N–H and O–H groups in total. The van der Waals surface area contributed by atoms with Crippen LogP contribution in [0.15, 0.2) is 24.3 Å². The molecule has 136 valence electrons. The molecular formula is C19H25FN2O3. The van der Waals surface area contributed by atoms with Crippen LogP contribution in [-0.4, -0.2) is 34.0 Å². The van der Waals surface area contributed by atoms with Gasteiger partial charge >= 0.3 is 6.03 Å². The Kier molecular flexibility index (Phi) is 4.35. The molecule has 6 heteroatoms. The number of hydrogen-bond acceptors (Lipinski definition) is 3. The quantitative estimate of drug-likeness (QED) is 0.825. The van der Waals surface area contributed by atoms with Gasteiger partial charge in [0.2, 0.25) is 0 Å². The summed E-state index contributed by atoms with van der Waals surface area (Å²) in [5.74, 6) is -0.337. The van der Waals surface area contributed by atoms with Crippen molar-refractivity contribution >= 4 is 11.9 Å². The van der Waals surface area contributed by atoms with E-state index in [4.69, 9.17) is 0 Å². The van der Waals surface area contributed by atoms with Crippen molar-refractivity contribution in [1.82, 2.24) is 10.2 Å². The van der Waals surface area contributed by atoms with Gasteiger partial charge in [0.05, 0.1) is 12.6 Å². The molecule has 3 atom stereocenters. The van der Waals surface area contributed by atoms with Crippen LogP contribution in [0.1, 0.15) is 51.7 Å². The predicted molar refractivity (Wildman–Crippen MR) is 91.1 cm³/mol. The number of aliphatic hydroxyl groups is 1. The van der Waals surface area contributed by atoms with Gasteiger partial charge in [-0.3, -0.25) is 9.69 Å². The maximum atomic E-state index is 13.0. The fourth-order valence-electron chi connectivity index (χ4n) is 4.64. The molecule has 1 spiro atoms. The van der Waals surface area contributed by atoms with Gasteiger partial charge in [0.15, 0.2) is 0 Å². The zero-order chi connectivity index (χ0) is 18.4. The number of rotatable bonds is 3. The fraction of sp³-hybridized carbons (Fsp3) is 0.579. The van der Waals surface area contributed by atoms with Crippen molar-refractivity contribution in [3.63, 3.8) is 0 Å². The minimum Gasteiger partial charge on any atom is -0.387 e. The Bertz CT molecular complexity index is 688. The third kappa shape index (κ3) is 3.40. The Labute approximate surface area is 147 Å². The van der Waals surface area contributed by atoms with Crippen molar-refractivity contribution in [2.75, 3.05) is 6.54 Å². The van der Waals surface area contributed by atoms with Gasteiger partial charge in [-0.1, -0.05) is 32.9 Å². The van der Waals surface area contributed by atoms with Crippen LogP contribution < -0.4 is 5.32 Å². The highest BCUT2D eigenvalue weighted by Crippen LogP contribution is 2.46. The van der Waals surface area contributed by atoms with Crippen LogP contribution in [0.3, 0.4) is 0 Å². The van der Waals surface area contributed by atoms with Gasteiger partial charge in [-0.05, 0) is 48.3 Å². The molecule has 2 fully saturated rings. The van der Waals surface area contributed by atoms with Crippen LogP contribution in [-0.2, 0) is 4.79 Å². The highest BCUT2D eigenvalue weighted by Gasteiger charge is 2.56. The molecule has 0 bridgehead atoms. The number of benzene rings is 1. The molecule has 1 aromatic carbocycles. The molecule has 5 nitrogen and oxygen atoms in total. The molecule has 0 aromatic heterocycles. The number of urea groups is 1. The summed E-state index contributed by atoms with van der Waals surface area (Å²) >= 11 is 0. The summed E-state index contributed by atoms with van der Waals surface area (Å²) < 4.78 is 13.0. The maximum absolute atomic E-state index is 13.0. The summed E-state index contributed by atoms with van der Waals surface area (Å²) in [6.45, 7) is 6.19. The minimum absolute atomic E-state index is 0.0355. The second kappa shape index (κ2) is 6.09. The van der Waals surface area contributed by atoms with Crippen LogP contribution in [0.4, 0.5) is 9.18 Å². The highest BCUT2D eigenvalue weighted by molar-refractivity contribution is 6.07. The van der Waals surface area contributed by atoms with Gasteiger partial charge in [-0.2, -0.15) is 0 Å². The van der Waals surface area contributed by atoms with Crippen LogP contribution in [0, 0.1) is 17.2 Å². The summed E-state index contributed by atoms with van der Waals surface area (Å²) in [4.78, 5) is 26.5. The first-order valence-corrected chi connectivity index (χ1v) is 8.70. The van der Waals surface area contributed by atoms with E-state index in [1.54, 1.807) is 0 Å². The van der Waals surface area contributed by atoms with Gasteiger partial charge in [0, 0.05) is 0 Å². The molecule has 1 saturated carbocycles. The van der Waals surface area contributed by atoms with Gasteiger partial charge in [0.25, 0.3) is 5.91 Å². The number of halogens is 1. The monoisotopic (exact) mass is 348 g/mol. The minimum atomic E-state index is -1.04. The van der Waals surface area contributed by atoms with Crippen molar-refractivity contribution in [1.29, 1.82) is 0 Å². The second-order valence-electron chi connectivity index (χ2n) is 8.35. The lowest BCUT2D eigenvalue weighted by Gasteiger charge is -2.43. The molecule has 2 aliphatic rings. The summed E-state index contributed by atoms with van der Waals surface area (Å²) in [5.41, 5.74) is -0.437. The Morgan fingerprint density at radius 1 is 1.28 bits per heavy atom. The summed E-state index contributed by atoms with van der Waals surface area (Å²) in [6, 6.07) is 4.95. The van der Waals surface area contributed by atoms with Gasteiger partial charge < -0.3 is 10.4 Å². The van der Waals surface area contributed by atoms with E-state index in [-0.39, 0.29) is 17.9 Å². The molecule has 1 aliphatic carbocycles. The third-order valence-corrected chi connectivity index (χ3v) is 5.23. The molecule has 0 radical (unpaired) electrons. The van der Waals surface area contributed by atoms with Crippen LogP contribution in [0.2, 0.25) is 0 Å². The standard InChI is InChI=1S/C19H25FN2O3/c1-12-8-18(2,3)11-19(9-12)16(24)22(17(25)21-19)10-15(23)13-4-6-14(20)7-5-13/h4-7,12,15,23H,8-11H2,1-3H3,(H,21,25)/t12-,15+,19-/m1/s1. The van der Waals surface area contributed by atoms with Crippen molar-refractivity contribution in [2.45, 2.75) is 51.7 Å². The highest BCUT2D eigenvalue weighted by atomic mass is 19.1. The first-order valence-electron chi connectivity index (χ1n) is 8.70. The third-order valence-electron chi connectivity index (χ3n) is 5.23. The van der Waals surface area contributed by atoms with Gasteiger partial charge in [0.1, 0.15) is 11.4 Å². The average Bonchev–Trinajstić information content (AvgIpc) is 2.69. The number of nitrogens with one attached hydrogen (secondary N) is 1. The zero-order valence-corrected chi connectivity index (χ0v) is 14.9. The van der Waals surface area contributed by atoms with Crippen molar-refractivity contribution in [2.24, 2.45) is 11.3 Å². The number of aliphatic hydroxyl groups excluding tert-OH is 1. The van der Waals surface area contributed by atoms with E-state index in [1.165, 1.54) is 24.3 Å². The number of β-amino-alcohol motifs (C(OH)–C–C–N with tert-alkyl or cyclic N) is 1. The Morgan fingerprint density at radius 3 is 2.52 bits per heavy atom. The molecule has 1 heterocycles. The number of imide groups is 1.